The second-order valence-corrected chi connectivity index (χ2v) is 6.67. The van der Waals surface area contributed by atoms with Crippen LogP contribution in [-0.2, 0) is 0 Å². The van der Waals surface area contributed by atoms with Gasteiger partial charge in [0.25, 0.3) is 0 Å². The van der Waals surface area contributed by atoms with Gasteiger partial charge in [0, 0.05) is 11.1 Å². The molecular weight excluding hydrogens is 412 g/mol. The number of phenols is 1. The first-order valence-corrected chi connectivity index (χ1v) is 9.35. The number of benzene rings is 3. The third-order valence-electron chi connectivity index (χ3n) is 4.36. The van der Waals surface area contributed by atoms with Crippen LogP contribution in [0.1, 0.15) is 52.6 Å². The minimum atomic E-state index is -0.985. The number of carbonyl (C=O) groups excluding carboxylic acids is 2. The molecule has 7 nitrogen and oxygen atoms in total. The molecular formula is C25H20O7. The largest absolute Gasteiger partial charge is 0.508 e. The van der Waals surface area contributed by atoms with E-state index in [4.69, 9.17) is 10.2 Å². The molecule has 0 radical (unpaired) electrons. The van der Waals surface area contributed by atoms with Gasteiger partial charge in [0.15, 0.2) is 5.78 Å². The van der Waals surface area contributed by atoms with Crippen molar-refractivity contribution in [3.63, 3.8) is 0 Å². The fourth-order valence-corrected chi connectivity index (χ4v) is 2.52. The number of rotatable bonds is 6. The number of aryl methyl sites for hydroxylation is 1. The first kappa shape index (κ1) is 23.8. The predicted octanol–water partition coefficient (Wildman–Crippen LogP) is 4.49. The molecule has 3 aromatic carbocycles. The van der Waals surface area contributed by atoms with Crippen LogP contribution in [0.25, 0.3) is 6.08 Å². The lowest BCUT2D eigenvalue weighted by atomic mass is 10.1. The quantitative estimate of drug-likeness (QED) is 0.297. The lowest BCUT2D eigenvalue weighted by Crippen LogP contribution is -1.96. The molecule has 32 heavy (non-hydrogen) atoms. The summed E-state index contributed by atoms with van der Waals surface area (Å²) in [4.78, 5) is 43.2. The molecule has 0 bridgehead atoms. The molecule has 0 aliphatic rings. The summed E-state index contributed by atoms with van der Waals surface area (Å²) in [5.41, 5.74) is 2.74. The monoisotopic (exact) mass is 432 g/mol. The number of hydrogen-bond acceptors (Lipinski definition) is 5. The van der Waals surface area contributed by atoms with E-state index in [0.717, 1.165) is 5.56 Å². The molecule has 162 valence electrons. The number of carboxylic acids is 2. The standard InChI is InChI=1S/C17H14O4.C8H6O3/c1-11-10-14(7-9-15(11)18)16(19)8-4-12-2-5-13(6-3-12)17(20)21;9-5-6-1-3-7(4-2-6)8(10)11/h2-10,18H,1H3,(H,20,21);1-5H,(H,10,11)/b8-4+;. The van der Waals surface area contributed by atoms with Gasteiger partial charge in [0.05, 0.1) is 11.1 Å². The van der Waals surface area contributed by atoms with Crippen LogP contribution < -0.4 is 0 Å². The zero-order valence-corrected chi connectivity index (χ0v) is 17.1. The van der Waals surface area contributed by atoms with Gasteiger partial charge in [-0.15, -0.1) is 0 Å². The molecule has 0 amide bonds. The number of aldehydes is 1. The molecule has 3 aromatic rings. The SMILES string of the molecule is Cc1cc(C(=O)/C=C/c2ccc(C(=O)O)cc2)ccc1O.O=Cc1ccc(C(=O)O)cc1. The van der Waals surface area contributed by atoms with Crippen LogP contribution in [-0.4, -0.2) is 39.3 Å². The Balaban J connectivity index is 0.000000278. The zero-order valence-electron chi connectivity index (χ0n) is 17.1. The van der Waals surface area contributed by atoms with Crippen molar-refractivity contribution in [2.45, 2.75) is 6.92 Å². The third-order valence-corrected chi connectivity index (χ3v) is 4.36. The van der Waals surface area contributed by atoms with Crippen LogP contribution in [0.4, 0.5) is 0 Å². The summed E-state index contributed by atoms with van der Waals surface area (Å²) in [6, 6.07) is 16.6. The van der Waals surface area contributed by atoms with E-state index in [1.54, 1.807) is 37.3 Å². The fraction of sp³-hybridized carbons (Fsp3) is 0.0400. The summed E-state index contributed by atoms with van der Waals surface area (Å²) in [7, 11) is 0. The van der Waals surface area contributed by atoms with Gasteiger partial charge in [-0.1, -0.05) is 30.3 Å². The Labute approximate surface area is 183 Å². The molecule has 0 aromatic heterocycles. The molecule has 0 aliphatic carbocycles. The van der Waals surface area contributed by atoms with Crippen LogP contribution in [0.3, 0.4) is 0 Å². The molecule has 0 saturated heterocycles. The van der Waals surface area contributed by atoms with E-state index in [1.165, 1.54) is 48.5 Å². The summed E-state index contributed by atoms with van der Waals surface area (Å²) < 4.78 is 0. The van der Waals surface area contributed by atoms with Crippen molar-refractivity contribution in [1.29, 1.82) is 0 Å². The van der Waals surface area contributed by atoms with E-state index < -0.39 is 11.9 Å². The molecule has 0 unspecified atom stereocenters. The van der Waals surface area contributed by atoms with Crippen LogP contribution in [0.5, 0.6) is 5.75 Å². The van der Waals surface area contributed by atoms with Gasteiger partial charge in [0.1, 0.15) is 12.0 Å². The Hall–Kier alpha value is -4.52. The lowest BCUT2D eigenvalue weighted by Gasteiger charge is -2.01. The van der Waals surface area contributed by atoms with Gasteiger partial charge in [0.2, 0.25) is 0 Å². The summed E-state index contributed by atoms with van der Waals surface area (Å²) in [6.07, 6.45) is 3.71. The minimum absolute atomic E-state index is 0.153. The van der Waals surface area contributed by atoms with Crippen LogP contribution in [0, 0.1) is 6.92 Å². The Morgan fingerprint density at radius 3 is 1.62 bits per heavy atom. The highest BCUT2D eigenvalue weighted by molar-refractivity contribution is 6.07. The number of phenolic OH excluding ortho intramolecular Hbond substituents is 1. The molecule has 7 heteroatoms. The fourth-order valence-electron chi connectivity index (χ4n) is 2.52. The van der Waals surface area contributed by atoms with Gasteiger partial charge < -0.3 is 15.3 Å². The molecule has 0 fully saturated rings. The maximum atomic E-state index is 12.0. The highest BCUT2D eigenvalue weighted by Gasteiger charge is 2.05. The Kier molecular flexibility index (Phi) is 8.19. The smallest absolute Gasteiger partial charge is 0.335 e. The van der Waals surface area contributed by atoms with Crippen molar-refractivity contribution in [2.75, 3.05) is 0 Å². The maximum Gasteiger partial charge on any atom is 0.335 e. The number of ketones is 1. The molecule has 0 spiro atoms. The molecule has 0 heterocycles. The predicted molar refractivity (Wildman–Crippen MR) is 118 cm³/mol. The van der Waals surface area contributed by atoms with Crippen molar-refractivity contribution < 1.29 is 34.5 Å². The van der Waals surface area contributed by atoms with Crippen molar-refractivity contribution in [2.24, 2.45) is 0 Å². The van der Waals surface area contributed by atoms with Gasteiger partial charge in [-0.2, -0.15) is 0 Å². The number of aromatic hydroxyl groups is 1. The number of carboxylic acid groups (broad SMARTS) is 2. The second kappa shape index (κ2) is 11.0. The van der Waals surface area contributed by atoms with Crippen LogP contribution in [0.15, 0.2) is 72.8 Å². The summed E-state index contributed by atoms with van der Waals surface area (Å²) >= 11 is 0. The highest BCUT2D eigenvalue weighted by Crippen LogP contribution is 2.18. The van der Waals surface area contributed by atoms with Crippen LogP contribution >= 0.6 is 0 Å². The normalized spacial score (nSPS) is 10.2. The summed E-state index contributed by atoms with van der Waals surface area (Å²) in [5.74, 6) is -2.00. The summed E-state index contributed by atoms with van der Waals surface area (Å²) in [5, 5.41) is 26.7. The zero-order chi connectivity index (χ0) is 23.7. The van der Waals surface area contributed by atoms with E-state index in [2.05, 4.69) is 0 Å². The van der Waals surface area contributed by atoms with E-state index in [9.17, 15) is 24.3 Å². The van der Waals surface area contributed by atoms with Gasteiger partial charge in [-0.05, 0) is 66.6 Å². The molecule has 0 saturated carbocycles. The van der Waals surface area contributed by atoms with Gasteiger partial charge in [-0.25, -0.2) is 9.59 Å². The van der Waals surface area contributed by atoms with Crippen molar-refractivity contribution >= 4 is 30.1 Å². The number of hydrogen-bond donors (Lipinski definition) is 3. The number of allylic oxidation sites excluding steroid dienone is 1. The van der Waals surface area contributed by atoms with Crippen molar-refractivity contribution in [3.8, 4) is 5.75 Å². The Morgan fingerprint density at radius 1 is 0.719 bits per heavy atom. The lowest BCUT2D eigenvalue weighted by molar-refractivity contribution is 0.0686. The van der Waals surface area contributed by atoms with Crippen molar-refractivity contribution in [1.82, 2.24) is 0 Å². The average Bonchev–Trinajstić information content (AvgIpc) is 2.80. The van der Waals surface area contributed by atoms with Crippen LogP contribution in [0.2, 0.25) is 0 Å². The molecule has 3 N–H and O–H groups in total. The number of carbonyl (C=O) groups is 4. The number of aromatic carboxylic acids is 2. The van der Waals surface area contributed by atoms with E-state index in [1.807, 2.05) is 0 Å². The minimum Gasteiger partial charge on any atom is -0.508 e. The molecule has 0 atom stereocenters. The Bertz CT molecular complexity index is 1160. The molecule has 3 rings (SSSR count). The summed E-state index contributed by atoms with van der Waals surface area (Å²) in [6.45, 7) is 1.72. The second-order valence-electron chi connectivity index (χ2n) is 6.67. The van der Waals surface area contributed by atoms with Crippen molar-refractivity contribution in [3.05, 3.63) is 106 Å². The first-order chi connectivity index (χ1) is 15.2. The van der Waals surface area contributed by atoms with E-state index >= 15 is 0 Å². The Morgan fingerprint density at radius 2 is 1.19 bits per heavy atom. The average molecular weight is 432 g/mol. The highest BCUT2D eigenvalue weighted by atomic mass is 16.4. The third kappa shape index (κ3) is 6.77. The maximum absolute atomic E-state index is 12.0. The topological polar surface area (TPSA) is 129 Å². The molecule has 0 aliphatic heterocycles. The van der Waals surface area contributed by atoms with E-state index in [0.29, 0.717) is 23.0 Å². The van der Waals surface area contributed by atoms with E-state index in [-0.39, 0.29) is 22.7 Å². The first-order valence-electron chi connectivity index (χ1n) is 9.35. The van der Waals surface area contributed by atoms with Gasteiger partial charge in [-0.3, -0.25) is 9.59 Å². The van der Waals surface area contributed by atoms with Gasteiger partial charge >= 0.3 is 11.9 Å².